The van der Waals surface area contributed by atoms with Gasteiger partial charge in [0.15, 0.2) is 0 Å². The van der Waals surface area contributed by atoms with E-state index in [4.69, 9.17) is 5.11 Å². The number of aliphatic hydroxyl groups is 1. The molecule has 1 aliphatic rings. The van der Waals surface area contributed by atoms with Crippen molar-refractivity contribution in [2.45, 2.75) is 16.4 Å². The molecule has 0 bridgehead atoms. The number of rotatable bonds is 4. The summed E-state index contributed by atoms with van der Waals surface area (Å²) in [5.41, 5.74) is -1.35. The number of benzene rings is 1. The van der Waals surface area contributed by atoms with E-state index in [1.54, 1.807) is 0 Å². The van der Waals surface area contributed by atoms with Gasteiger partial charge < -0.3 is 0 Å². The van der Waals surface area contributed by atoms with Crippen molar-refractivity contribution < 1.29 is 9.50 Å². The predicted octanol–water partition coefficient (Wildman–Crippen LogP) is 1.67. The van der Waals surface area contributed by atoms with Crippen LogP contribution in [0.5, 0.6) is 0 Å². The van der Waals surface area contributed by atoms with Crippen LogP contribution in [0.25, 0.3) is 0 Å². The Kier molecular flexibility index (Phi) is 3.22. The van der Waals surface area contributed by atoms with Gasteiger partial charge in [-0.25, -0.2) is 0 Å². The Morgan fingerprint density at radius 1 is 1.40 bits per heavy atom. The van der Waals surface area contributed by atoms with E-state index in [1.165, 1.54) is 4.46 Å². The van der Waals surface area contributed by atoms with Crippen LogP contribution in [-0.2, 0) is 0 Å². The number of halogens is 2. The minimum absolute atomic E-state index is 0.0786. The molecule has 1 aromatic carbocycles. The van der Waals surface area contributed by atoms with Gasteiger partial charge >= 0.3 is 104 Å². The molecule has 1 N–H and O–H groups in total. The first-order valence-electron chi connectivity index (χ1n) is 4.76. The van der Waals surface area contributed by atoms with Crippen LogP contribution in [0, 0.1) is 0 Å². The second-order valence-corrected chi connectivity index (χ2v) is 7.46. The normalized spacial score (nSPS) is 34.1. The van der Waals surface area contributed by atoms with E-state index >= 15 is 0 Å². The Labute approximate surface area is 103 Å². The molecule has 1 nitrogen and oxygen atoms in total. The van der Waals surface area contributed by atoms with Crippen molar-refractivity contribution in [3.05, 3.63) is 30.3 Å². The molecule has 1 aromatic rings. The zero-order valence-electron chi connectivity index (χ0n) is 8.12. The second kappa shape index (κ2) is 4.17. The first-order chi connectivity index (χ1) is 7.16. The van der Waals surface area contributed by atoms with E-state index in [0.29, 0.717) is 11.8 Å². The average Bonchev–Trinajstić information content (AvgIpc) is 2.87. The van der Waals surface area contributed by atoms with Crippen LogP contribution in [0.4, 0.5) is 4.39 Å². The molecule has 1 aliphatic carbocycles. The van der Waals surface area contributed by atoms with Crippen molar-refractivity contribution in [3.63, 3.8) is 0 Å². The summed E-state index contributed by atoms with van der Waals surface area (Å²) in [6.45, 7) is -0.354. The second-order valence-electron chi connectivity index (χ2n) is 3.84. The Balaban J connectivity index is 2.12. The molecule has 82 valence electrons. The monoisotopic (exact) mass is 338 g/mol. The molecule has 4 heteroatoms. The van der Waals surface area contributed by atoms with Gasteiger partial charge in [0.1, 0.15) is 0 Å². The van der Waals surface area contributed by atoms with Crippen molar-refractivity contribution in [3.8, 4) is 0 Å². The van der Waals surface area contributed by atoms with Crippen molar-refractivity contribution in [2.24, 2.45) is 0 Å². The average molecular weight is 338 g/mol. The van der Waals surface area contributed by atoms with Gasteiger partial charge in [0, 0.05) is 0 Å². The maximum atomic E-state index is 14.0. The molecule has 15 heavy (non-hydrogen) atoms. The SMILES string of the molecule is OCC1(F)CC1(CBr)[Se]c1ccccc1. The van der Waals surface area contributed by atoms with Crippen molar-refractivity contribution in [2.75, 3.05) is 11.9 Å². The van der Waals surface area contributed by atoms with E-state index in [0.717, 1.165) is 0 Å². The number of aliphatic hydroxyl groups excluding tert-OH is 1. The minimum atomic E-state index is -1.35. The fourth-order valence-electron chi connectivity index (χ4n) is 1.64. The van der Waals surface area contributed by atoms with Gasteiger partial charge in [-0.3, -0.25) is 0 Å². The van der Waals surface area contributed by atoms with E-state index in [9.17, 15) is 4.39 Å². The molecule has 1 fully saturated rings. The van der Waals surface area contributed by atoms with Crippen molar-refractivity contribution >= 4 is 35.3 Å². The summed E-state index contributed by atoms with van der Waals surface area (Å²) >= 11 is 3.45. The number of hydrogen-bond acceptors (Lipinski definition) is 1. The zero-order chi connectivity index (χ0) is 10.9. The van der Waals surface area contributed by atoms with Gasteiger partial charge in [0.2, 0.25) is 0 Å². The summed E-state index contributed by atoms with van der Waals surface area (Å²) in [4.78, 5) is 0. The molecule has 1 saturated carbocycles. The van der Waals surface area contributed by atoms with Crippen LogP contribution >= 0.6 is 15.9 Å². The molecule has 0 spiro atoms. The zero-order valence-corrected chi connectivity index (χ0v) is 11.4. The van der Waals surface area contributed by atoms with Crippen LogP contribution in [0.15, 0.2) is 30.3 Å². The third-order valence-corrected chi connectivity index (χ3v) is 7.83. The first-order valence-corrected chi connectivity index (χ1v) is 7.59. The molecule has 0 radical (unpaired) electrons. The molecule has 0 saturated heterocycles. The Hall–Kier alpha value is 0.109. The van der Waals surface area contributed by atoms with E-state index in [2.05, 4.69) is 15.9 Å². The summed E-state index contributed by atoms with van der Waals surface area (Å²) in [5, 5.41) is 9.66. The summed E-state index contributed by atoms with van der Waals surface area (Å²) in [5.74, 6) is 0. The standard InChI is InChI=1S/C11H12BrFOSe/c12-7-11(6-10(11,13)8-14)15-9-4-2-1-3-5-9/h1-5,14H,6-8H2. The molecular formula is C11H12BrFOSe. The summed E-state index contributed by atoms with van der Waals surface area (Å²) in [6.07, 6.45) is 0.483. The summed E-state index contributed by atoms with van der Waals surface area (Å²) in [7, 11) is 0. The molecule has 2 unspecified atom stereocenters. The van der Waals surface area contributed by atoms with Crippen LogP contribution in [0.3, 0.4) is 0 Å². The number of hydrogen-bond donors (Lipinski definition) is 1. The third kappa shape index (κ3) is 2.01. The Morgan fingerprint density at radius 2 is 2.07 bits per heavy atom. The third-order valence-electron chi connectivity index (χ3n) is 2.78. The number of alkyl halides is 2. The fourth-order valence-corrected chi connectivity index (χ4v) is 5.77. The van der Waals surface area contributed by atoms with E-state index < -0.39 is 5.67 Å². The molecule has 0 heterocycles. The molecule has 2 rings (SSSR count). The van der Waals surface area contributed by atoms with Crippen LogP contribution in [0.1, 0.15) is 6.42 Å². The Morgan fingerprint density at radius 3 is 2.53 bits per heavy atom. The van der Waals surface area contributed by atoms with Gasteiger partial charge in [-0.2, -0.15) is 0 Å². The molecule has 0 aliphatic heterocycles. The predicted molar refractivity (Wildman–Crippen MR) is 63.9 cm³/mol. The van der Waals surface area contributed by atoms with Crippen LogP contribution in [0.2, 0.25) is 4.31 Å². The van der Waals surface area contributed by atoms with E-state index in [1.807, 2.05) is 30.3 Å². The van der Waals surface area contributed by atoms with Gasteiger partial charge in [0.25, 0.3) is 0 Å². The topological polar surface area (TPSA) is 20.2 Å². The summed E-state index contributed by atoms with van der Waals surface area (Å²) < 4.78 is 14.8. The quantitative estimate of drug-likeness (QED) is 0.654. The molecule has 0 amide bonds. The van der Waals surface area contributed by atoms with Gasteiger partial charge in [0.05, 0.1) is 0 Å². The maximum absolute atomic E-state index is 14.0. The first kappa shape index (κ1) is 11.6. The summed E-state index contributed by atoms with van der Waals surface area (Å²) in [6, 6.07) is 9.96. The molecule has 0 aromatic heterocycles. The van der Waals surface area contributed by atoms with Crippen molar-refractivity contribution in [1.29, 1.82) is 0 Å². The van der Waals surface area contributed by atoms with Crippen molar-refractivity contribution in [1.82, 2.24) is 0 Å². The van der Waals surface area contributed by atoms with Gasteiger partial charge in [-0.05, 0) is 0 Å². The van der Waals surface area contributed by atoms with E-state index in [-0.39, 0.29) is 25.9 Å². The van der Waals surface area contributed by atoms with Crippen LogP contribution in [-0.4, -0.2) is 37.7 Å². The fraction of sp³-hybridized carbons (Fsp3) is 0.455. The molecular weight excluding hydrogens is 326 g/mol. The van der Waals surface area contributed by atoms with Crippen LogP contribution < -0.4 is 4.46 Å². The van der Waals surface area contributed by atoms with Gasteiger partial charge in [-0.15, -0.1) is 0 Å². The molecule has 2 atom stereocenters. The van der Waals surface area contributed by atoms with Gasteiger partial charge in [-0.1, -0.05) is 0 Å². The Bertz CT molecular complexity index is 348.